The van der Waals surface area contributed by atoms with Gasteiger partial charge in [0.15, 0.2) is 0 Å². The maximum Gasteiger partial charge on any atom is 0.339 e. The maximum absolute atomic E-state index is 13.3. The Labute approximate surface area is 269 Å². The van der Waals surface area contributed by atoms with Gasteiger partial charge in [-0.2, -0.15) is 0 Å². The molecule has 8 nitrogen and oxygen atoms in total. The van der Waals surface area contributed by atoms with Gasteiger partial charge in [0.1, 0.15) is 19.3 Å². The molecule has 0 radical (unpaired) electrons. The van der Waals surface area contributed by atoms with Crippen LogP contribution in [0.4, 0.5) is 0 Å². The number of carbonyl (C=O) groups excluding carboxylic acids is 4. The van der Waals surface area contributed by atoms with Crippen molar-refractivity contribution in [3.05, 3.63) is 143 Å². The zero-order chi connectivity index (χ0) is 32.6. The summed E-state index contributed by atoms with van der Waals surface area (Å²) >= 11 is 0. The van der Waals surface area contributed by atoms with Gasteiger partial charge in [-0.3, -0.25) is 0 Å². The highest BCUT2D eigenvalue weighted by atomic mass is 16.6. The molecular formula is C38H38O8. The van der Waals surface area contributed by atoms with Crippen LogP contribution in [0.15, 0.2) is 109 Å². The second-order valence-electron chi connectivity index (χ2n) is 10.7. The molecule has 0 aromatic heterocycles. The van der Waals surface area contributed by atoms with Gasteiger partial charge in [0.25, 0.3) is 0 Å². The standard InChI is InChI=1S/C38H38O8/c1-2-3-6-19-30(46-38(42)34-23-14-13-22-33(34)37(41)45-27-29-17-9-5-10-18-29)24-25-43-35(39)31-20-11-12-21-32(31)36(40)44-26-28-15-7-4-8-16-28/h4-5,7-18,20-23,30H,2-3,6,19,24-27H2,1H3. The van der Waals surface area contributed by atoms with Gasteiger partial charge in [-0.15, -0.1) is 0 Å². The monoisotopic (exact) mass is 622 g/mol. The van der Waals surface area contributed by atoms with Crippen molar-refractivity contribution in [2.75, 3.05) is 6.61 Å². The molecule has 1 atom stereocenters. The first kappa shape index (κ1) is 33.6. The van der Waals surface area contributed by atoms with E-state index < -0.39 is 30.0 Å². The van der Waals surface area contributed by atoms with Crippen LogP contribution in [-0.4, -0.2) is 36.6 Å². The minimum atomic E-state index is -0.683. The highest BCUT2D eigenvalue weighted by Gasteiger charge is 2.24. The third-order valence-corrected chi connectivity index (χ3v) is 7.24. The van der Waals surface area contributed by atoms with Crippen LogP contribution in [0.3, 0.4) is 0 Å². The van der Waals surface area contributed by atoms with E-state index in [1.165, 1.54) is 24.3 Å². The van der Waals surface area contributed by atoms with Crippen LogP contribution in [0.2, 0.25) is 0 Å². The molecule has 0 aliphatic rings. The van der Waals surface area contributed by atoms with Crippen LogP contribution >= 0.6 is 0 Å². The summed E-state index contributed by atoms with van der Waals surface area (Å²) in [7, 11) is 0. The third-order valence-electron chi connectivity index (χ3n) is 7.24. The molecular weight excluding hydrogens is 584 g/mol. The van der Waals surface area contributed by atoms with Crippen molar-refractivity contribution in [3.8, 4) is 0 Å². The maximum atomic E-state index is 13.3. The number of esters is 4. The molecule has 0 aliphatic carbocycles. The fourth-order valence-corrected chi connectivity index (χ4v) is 4.74. The normalized spacial score (nSPS) is 11.2. The van der Waals surface area contributed by atoms with Crippen LogP contribution in [0.5, 0.6) is 0 Å². The number of unbranched alkanes of at least 4 members (excludes halogenated alkanes) is 2. The van der Waals surface area contributed by atoms with Crippen molar-refractivity contribution in [1.29, 1.82) is 0 Å². The van der Waals surface area contributed by atoms with E-state index in [1.807, 2.05) is 60.7 Å². The van der Waals surface area contributed by atoms with Crippen molar-refractivity contribution in [1.82, 2.24) is 0 Å². The highest BCUT2D eigenvalue weighted by Crippen LogP contribution is 2.19. The minimum Gasteiger partial charge on any atom is -0.462 e. The first-order valence-electron chi connectivity index (χ1n) is 15.4. The number of rotatable bonds is 16. The Morgan fingerprint density at radius 3 is 1.37 bits per heavy atom. The predicted octanol–water partition coefficient (Wildman–Crippen LogP) is 7.75. The van der Waals surface area contributed by atoms with Crippen molar-refractivity contribution in [3.63, 3.8) is 0 Å². The average molecular weight is 623 g/mol. The largest absolute Gasteiger partial charge is 0.462 e. The van der Waals surface area contributed by atoms with Gasteiger partial charge < -0.3 is 18.9 Å². The first-order valence-corrected chi connectivity index (χ1v) is 15.4. The molecule has 0 saturated carbocycles. The molecule has 4 aromatic carbocycles. The van der Waals surface area contributed by atoms with Gasteiger partial charge in [0.2, 0.25) is 0 Å². The zero-order valence-electron chi connectivity index (χ0n) is 25.9. The molecule has 4 aromatic rings. The number of carbonyl (C=O) groups is 4. The predicted molar refractivity (Wildman–Crippen MR) is 172 cm³/mol. The Morgan fingerprint density at radius 1 is 0.500 bits per heavy atom. The van der Waals surface area contributed by atoms with E-state index in [0.717, 1.165) is 30.4 Å². The number of hydrogen-bond donors (Lipinski definition) is 0. The van der Waals surface area contributed by atoms with Gasteiger partial charge in [-0.05, 0) is 48.2 Å². The molecule has 0 fully saturated rings. The van der Waals surface area contributed by atoms with E-state index >= 15 is 0 Å². The van der Waals surface area contributed by atoms with Gasteiger partial charge in [0.05, 0.1) is 28.9 Å². The Bertz CT molecular complexity index is 1580. The van der Waals surface area contributed by atoms with E-state index in [1.54, 1.807) is 24.3 Å². The lowest BCUT2D eigenvalue weighted by atomic mass is 10.1. The summed E-state index contributed by atoms with van der Waals surface area (Å²) in [4.78, 5) is 52.0. The van der Waals surface area contributed by atoms with Crippen molar-refractivity contribution < 1.29 is 38.1 Å². The molecule has 4 rings (SSSR count). The average Bonchev–Trinajstić information content (AvgIpc) is 3.10. The molecule has 0 amide bonds. The topological polar surface area (TPSA) is 105 Å². The molecule has 8 heteroatoms. The van der Waals surface area contributed by atoms with E-state index in [-0.39, 0.29) is 48.5 Å². The highest BCUT2D eigenvalue weighted by molar-refractivity contribution is 6.04. The SMILES string of the molecule is CCCCCC(CCOC(=O)c1ccccc1C(=O)OCc1ccccc1)OC(=O)c1ccccc1C(=O)OCc1ccccc1. The minimum absolute atomic E-state index is 0.0446. The van der Waals surface area contributed by atoms with Crippen LogP contribution in [-0.2, 0) is 32.2 Å². The fourth-order valence-electron chi connectivity index (χ4n) is 4.74. The quantitative estimate of drug-likeness (QED) is 0.0710. The summed E-state index contributed by atoms with van der Waals surface area (Å²) in [5.41, 5.74) is 2.05. The Kier molecular flexibility index (Phi) is 13.1. The third kappa shape index (κ3) is 10.2. The Balaban J connectivity index is 1.36. The Hall–Kier alpha value is -5.24. The molecule has 0 aliphatic heterocycles. The van der Waals surface area contributed by atoms with E-state index in [4.69, 9.17) is 18.9 Å². The lowest BCUT2D eigenvalue weighted by Crippen LogP contribution is -2.23. The van der Waals surface area contributed by atoms with E-state index in [2.05, 4.69) is 6.92 Å². The number of benzene rings is 4. The summed E-state index contributed by atoms with van der Waals surface area (Å²) in [6, 6.07) is 31.2. The van der Waals surface area contributed by atoms with Crippen molar-refractivity contribution in [2.45, 2.75) is 58.3 Å². The summed E-state index contributed by atoms with van der Waals surface area (Å²) in [5.74, 6) is -2.61. The number of ether oxygens (including phenoxy) is 4. The summed E-state index contributed by atoms with van der Waals surface area (Å²) in [6.45, 7) is 2.17. The molecule has 1 unspecified atom stereocenters. The van der Waals surface area contributed by atoms with Gasteiger partial charge in [-0.1, -0.05) is 105 Å². The molecule has 0 bridgehead atoms. The molecule has 46 heavy (non-hydrogen) atoms. The van der Waals surface area contributed by atoms with Crippen LogP contribution in [0.1, 0.15) is 91.6 Å². The molecule has 0 heterocycles. The lowest BCUT2D eigenvalue weighted by Gasteiger charge is -2.19. The summed E-state index contributed by atoms with van der Waals surface area (Å²) in [6.07, 6.45) is 2.95. The van der Waals surface area contributed by atoms with Crippen molar-refractivity contribution in [2.24, 2.45) is 0 Å². The second kappa shape index (κ2) is 17.9. The zero-order valence-corrected chi connectivity index (χ0v) is 25.9. The molecule has 0 N–H and O–H groups in total. The second-order valence-corrected chi connectivity index (χ2v) is 10.7. The molecule has 0 spiro atoms. The summed E-state index contributed by atoms with van der Waals surface area (Å²) in [5, 5.41) is 0. The van der Waals surface area contributed by atoms with E-state index in [9.17, 15) is 19.2 Å². The smallest absolute Gasteiger partial charge is 0.339 e. The fraction of sp³-hybridized carbons (Fsp3) is 0.263. The lowest BCUT2D eigenvalue weighted by molar-refractivity contribution is 0.0150. The van der Waals surface area contributed by atoms with E-state index in [0.29, 0.717) is 6.42 Å². The van der Waals surface area contributed by atoms with Crippen LogP contribution in [0, 0.1) is 0 Å². The molecule has 0 saturated heterocycles. The van der Waals surface area contributed by atoms with Gasteiger partial charge in [-0.25, -0.2) is 19.2 Å². The first-order chi connectivity index (χ1) is 22.5. The number of hydrogen-bond acceptors (Lipinski definition) is 8. The Morgan fingerprint density at radius 2 is 0.913 bits per heavy atom. The summed E-state index contributed by atoms with van der Waals surface area (Å²) < 4.78 is 22.2. The van der Waals surface area contributed by atoms with Crippen molar-refractivity contribution >= 4 is 23.9 Å². The van der Waals surface area contributed by atoms with Gasteiger partial charge in [0, 0.05) is 6.42 Å². The van der Waals surface area contributed by atoms with Crippen LogP contribution in [0.25, 0.3) is 0 Å². The van der Waals surface area contributed by atoms with Crippen LogP contribution < -0.4 is 0 Å². The molecule has 238 valence electrons. The van der Waals surface area contributed by atoms with Gasteiger partial charge >= 0.3 is 23.9 Å².